The molecule has 0 unspecified atom stereocenters. The molecular formula is C9H10BrF2NO. The van der Waals surface area contributed by atoms with Gasteiger partial charge in [0.05, 0.1) is 0 Å². The predicted octanol–water partition coefficient (Wildman–Crippen LogP) is 2.82. The van der Waals surface area contributed by atoms with Crippen molar-refractivity contribution in [2.24, 2.45) is 5.73 Å². The molecule has 0 aliphatic rings. The van der Waals surface area contributed by atoms with Gasteiger partial charge in [-0.05, 0) is 24.6 Å². The molecule has 0 aromatic heterocycles. The van der Waals surface area contributed by atoms with Crippen LogP contribution in [0.5, 0.6) is 5.75 Å². The average molecular weight is 266 g/mol. The summed E-state index contributed by atoms with van der Waals surface area (Å²) >= 11 is 3.20. The molecule has 0 fully saturated rings. The van der Waals surface area contributed by atoms with Crippen molar-refractivity contribution in [1.82, 2.24) is 0 Å². The molecule has 1 rings (SSSR count). The molecule has 78 valence electrons. The fourth-order valence-electron chi connectivity index (χ4n) is 1.21. The molecule has 0 saturated carbocycles. The summed E-state index contributed by atoms with van der Waals surface area (Å²) in [4.78, 5) is 0. The van der Waals surface area contributed by atoms with E-state index in [1.54, 1.807) is 13.0 Å². The third-order valence-corrected chi connectivity index (χ3v) is 2.27. The molecular weight excluding hydrogens is 256 g/mol. The maximum atomic E-state index is 12.0. The number of ether oxygens (including phenoxy) is 1. The fraction of sp³-hybridized carbons (Fsp3) is 0.333. The topological polar surface area (TPSA) is 35.2 Å². The first-order valence-electron chi connectivity index (χ1n) is 3.98. The van der Waals surface area contributed by atoms with E-state index in [0.717, 1.165) is 5.56 Å². The first-order valence-corrected chi connectivity index (χ1v) is 4.77. The summed E-state index contributed by atoms with van der Waals surface area (Å²) in [5, 5.41) is 0. The van der Waals surface area contributed by atoms with E-state index >= 15 is 0 Å². The second-order valence-corrected chi connectivity index (χ2v) is 3.70. The largest absolute Gasteiger partial charge is 0.434 e. The zero-order valence-electron chi connectivity index (χ0n) is 7.56. The van der Waals surface area contributed by atoms with Gasteiger partial charge in [-0.3, -0.25) is 0 Å². The second kappa shape index (κ2) is 4.70. The van der Waals surface area contributed by atoms with Gasteiger partial charge in [0.2, 0.25) is 0 Å². The third kappa shape index (κ3) is 2.65. The number of benzene rings is 1. The summed E-state index contributed by atoms with van der Waals surface area (Å²) < 4.78 is 29.1. The minimum absolute atomic E-state index is 0.134. The van der Waals surface area contributed by atoms with Crippen LogP contribution in [0.15, 0.2) is 16.6 Å². The number of nitrogens with two attached hydrogens (primary N) is 1. The Morgan fingerprint density at radius 3 is 2.64 bits per heavy atom. The van der Waals surface area contributed by atoms with E-state index < -0.39 is 6.61 Å². The van der Waals surface area contributed by atoms with Crippen LogP contribution in [-0.2, 0) is 6.54 Å². The van der Waals surface area contributed by atoms with Crippen LogP contribution in [-0.4, -0.2) is 6.61 Å². The van der Waals surface area contributed by atoms with Gasteiger partial charge in [-0.25, -0.2) is 0 Å². The summed E-state index contributed by atoms with van der Waals surface area (Å²) in [6.45, 7) is -0.846. The van der Waals surface area contributed by atoms with Crippen molar-refractivity contribution in [3.8, 4) is 5.75 Å². The predicted molar refractivity (Wildman–Crippen MR) is 53.4 cm³/mol. The van der Waals surface area contributed by atoms with Gasteiger partial charge >= 0.3 is 6.61 Å². The van der Waals surface area contributed by atoms with E-state index in [4.69, 9.17) is 5.73 Å². The molecule has 0 radical (unpaired) electrons. The van der Waals surface area contributed by atoms with Gasteiger partial charge in [0, 0.05) is 16.6 Å². The molecule has 14 heavy (non-hydrogen) atoms. The van der Waals surface area contributed by atoms with Gasteiger partial charge in [-0.15, -0.1) is 0 Å². The SMILES string of the molecule is Cc1cc(Br)cc(OC(F)F)c1CN. The Kier molecular flexibility index (Phi) is 3.83. The highest BCUT2D eigenvalue weighted by molar-refractivity contribution is 9.10. The summed E-state index contributed by atoms with van der Waals surface area (Å²) in [6, 6.07) is 3.29. The Morgan fingerprint density at radius 2 is 2.14 bits per heavy atom. The summed E-state index contributed by atoms with van der Waals surface area (Å²) in [5.74, 6) is 0.134. The maximum absolute atomic E-state index is 12.0. The molecule has 1 aromatic rings. The van der Waals surface area contributed by atoms with E-state index in [1.165, 1.54) is 6.07 Å². The Hall–Kier alpha value is -0.680. The summed E-state index contributed by atoms with van der Waals surface area (Å²) in [5.41, 5.74) is 6.87. The number of hydrogen-bond donors (Lipinski definition) is 1. The van der Waals surface area contributed by atoms with E-state index in [1.807, 2.05) is 0 Å². The van der Waals surface area contributed by atoms with Crippen LogP contribution >= 0.6 is 15.9 Å². The van der Waals surface area contributed by atoms with Crippen molar-refractivity contribution >= 4 is 15.9 Å². The molecule has 0 amide bonds. The fourth-order valence-corrected chi connectivity index (χ4v) is 1.76. The standard InChI is InChI=1S/C9H10BrF2NO/c1-5-2-6(10)3-8(7(5)4-13)14-9(11)12/h2-3,9H,4,13H2,1H3. The molecule has 1 aromatic carbocycles. The van der Waals surface area contributed by atoms with Gasteiger partial charge < -0.3 is 10.5 Å². The Labute approximate surface area is 89.2 Å². The third-order valence-electron chi connectivity index (χ3n) is 1.82. The number of rotatable bonds is 3. The lowest BCUT2D eigenvalue weighted by molar-refractivity contribution is -0.0504. The molecule has 5 heteroatoms. The van der Waals surface area contributed by atoms with Crippen molar-refractivity contribution in [3.05, 3.63) is 27.7 Å². The molecule has 0 spiro atoms. The molecule has 0 heterocycles. The summed E-state index contributed by atoms with van der Waals surface area (Å²) in [7, 11) is 0. The average Bonchev–Trinajstić information content (AvgIpc) is 2.01. The molecule has 0 atom stereocenters. The monoisotopic (exact) mass is 265 g/mol. The molecule has 0 saturated heterocycles. The van der Waals surface area contributed by atoms with Crippen molar-refractivity contribution in [3.63, 3.8) is 0 Å². The Morgan fingerprint density at radius 1 is 1.50 bits per heavy atom. The smallest absolute Gasteiger partial charge is 0.387 e. The number of halogens is 3. The zero-order valence-corrected chi connectivity index (χ0v) is 9.14. The van der Waals surface area contributed by atoms with E-state index in [2.05, 4.69) is 20.7 Å². The van der Waals surface area contributed by atoms with E-state index in [0.29, 0.717) is 10.0 Å². The van der Waals surface area contributed by atoms with Crippen molar-refractivity contribution in [2.75, 3.05) is 0 Å². The zero-order chi connectivity index (χ0) is 10.7. The van der Waals surface area contributed by atoms with Crippen LogP contribution in [0.2, 0.25) is 0 Å². The highest BCUT2D eigenvalue weighted by Crippen LogP contribution is 2.28. The van der Waals surface area contributed by atoms with Gasteiger partial charge in [0.25, 0.3) is 0 Å². The molecule has 2 nitrogen and oxygen atoms in total. The van der Waals surface area contributed by atoms with Crippen LogP contribution in [0.25, 0.3) is 0 Å². The molecule has 0 bridgehead atoms. The van der Waals surface area contributed by atoms with Gasteiger partial charge in [0.1, 0.15) is 5.75 Å². The quantitative estimate of drug-likeness (QED) is 0.912. The van der Waals surface area contributed by atoms with Gasteiger partial charge in [0.15, 0.2) is 0 Å². The number of alkyl halides is 2. The van der Waals surface area contributed by atoms with E-state index in [-0.39, 0.29) is 12.3 Å². The highest BCUT2D eigenvalue weighted by atomic mass is 79.9. The van der Waals surface area contributed by atoms with Gasteiger partial charge in [-0.1, -0.05) is 15.9 Å². The molecule has 0 aliphatic heterocycles. The van der Waals surface area contributed by atoms with Crippen LogP contribution in [0.1, 0.15) is 11.1 Å². The van der Waals surface area contributed by atoms with Crippen LogP contribution in [0, 0.1) is 6.92 Å². The van der Waals surface area contributed by atoms with Gasteiger partial charge in [-0.2, -0.15) is 8.78 Å². The van der Waals surface area contributed by atoms with Crippen molar-refractivity contribution in [2.45, 2.75) is 20.1 Å². The number of aryl methyl sites for hydroxylation is 1. The lowest BCUT2D eigenvalue weighted by atomic mass is 10.1. The summed E-state index contributed by atoms with van der Waals surface area (Å²) in [6.07, 6.45) is 0. The first-order chi connectivity index (χ1) is 6.54. The minimum Gasteiger partial charge on any atom is -0.434 e. The lowest BCUT2D eigenvalue weighted by Crippen LogP contribution is -2.08. The van der Waals surface area contributed by atoms with Crippen molar-refractivity contribution < 1.29 is 13.5 Å². The van der Waals surface area contributed by atoms with E-state index in [9.17, 15) is 8.78 Å². The molecule has 2 N–H and O–H groups in total. The van der Waals surface area contributed by atoms with Crippen LogP contribution in [0.3, 0.4) is 0 Å². The van der Waals surface area contributed by atoms with Crippen LogP contribution in [0.4, 0.5) is 8.78 Å². The minimum atomic E-state index is -2.83. The first kappa shape index (κ1) is 11.4. The number of hydrogen-bond acceptors (Lipinski definition) is 2. The van der Waals surface area contributed by atoms with Crippen LogP contribution < -0.4 is 10.5 Å². The maximum Gasteiger partial charge on any atom is 0.387 e. The van der Waals surface area contributed by atoms with Crippen molar-refractivity contribution in [1.29, 1.82) is 0 Å². The lowest BCUT2D eigenvalue weighted by Gasteiger charge is -2.12. The Balaban J connectivity index is 3.11. The highest BCUT2D eigenvalue weighted by Gasteiger charge is 2.11. The Bertz CT molecular complexity index is 331. The normalized spacial score (nSPS) is 10.7. The molecule has 0 aliphatic carbocycles. The second-order valence-electron chi connectivity index (χ2n) is 2.78.